The van der Waals surface area contributed by atoms with Gasteiger partial charge in [0.15, 0.2) is 0 Å². The molecule has 20 heavy (non-hydrogen) atoms. The Balaban J connectivity index is 1.78. The average Bonchev–Trinajstić information content (AvgIpc) is 2.85. The van der Waals surface area contributed by atoms with Crippen molar-refractivity contribution in [3.05, 3.63) is 64.8 Å². The van der Waals surface area contributed by atoms with Gasteiger partial charge in [0.2, 0.25) is 5.91 Å². The lowest BCUT2D eigenvalue weighted by atomic mass is 10.1. The van der Waals surface area contributed by atoms with Crippen LogP contribution in [0.3, 0.4) is 0 Å². The molecule has 1 amide bonds. The topological polar surface area (TPSA) is 44.9 Å². The molecule has 0 aliphatic rings. The fourth-order valence-electron chi connectivity index (χ4n) is 2.21. The van der Waals surface area contributed by atoms with E-state index in [1.54, 1.807) is 0 Å². The van der Waals surface area contributed by atoms with Crippen LogP contribution in [-0.2, 0) is 11.2 Å². The van der Waals surface area contributed by atoms with Crippen molar-refractivity contribution in [2.24, 2.45) is 0 Å². The molecule has 1 aromatic heterocycles. The van der Waals surface area contributed by atoms with Crippen molar-refractivity contribution in [1.82, 2.24) is 4.98 Å². The number of halogens is 1. The zero-order valence-corrected chi connectivity index (χ0v) is 12.3. The predicted octanol–water partition coefficient (Wildman–Crippen LogP) is 4.11. The summed E-state index contributed by atoms with van der Waals surface area (Å²) in [7, 11) is 0. The first-order valence-electron chi connectivity index (χ1n) is 6.33. The van der Waals surface area contributed by atoms with Crippen molar-refractivity contribution < 1.29 is 4.79 Å². The van der Waals surface area contributed by atoms with E-state index in [0.717, 1.165) is 26.6 Å². The van der Waals surface area contributed by atoms with Gasteiger partial charge >= 0.3 is 0 Å². The molecule has 0 radical (unpaired) electrons. The third-order valence-electron chi connectivity index (χ3n) is 3.17. The molecule has 0 unspecified atom stereocenters. The predicted molar refractivity (Wildman–Crippen MR) is 84.8 cm³/mol. The number of aromatic nitrogens is 1. The first-order valence-corrected chi connectivity index (χ1v) is 7.13. The van der Waals surface area contributed by atoms with E-state index in [1.165, 1.54) is 0 Å². The van der Waals surface area contributed by atoms with Crippen LogP contribution in [-0.4, -0.2) is 10.9 Å². The van der Waals surface area contributed by atoms with E-state index in [4.69, 9.17) is 0 Å². The largest absolute Gasteiger partial charge is 0.361 e. The molecule has 0 atom stereocenters. The van der Waals surface area contributed by atoms with Gasteiger partial charge in [0.05, 0.1) is 12.1 Å². The van der Waals surface area contributed by atoms with Gasteiger partial charge in [0.25, 0.3) is 0 Å². The van der Waals surface area contributed by atoms with Crippen molar-refractivity contribution in [3.63, 3.8) is 0 Å². The highest BCUT2D eigenvalue weighted by Gasteiger charge is 2.09. The van der Waals surface area contributed by atoms with E-state index >= 15 is 0 Å². The molecule has 0 bridgehead atoms. The SMILES string of the molecule is O=C(Cc1c[nH]c2ccccc12)Nc1ccccc1Br. The van der Waals surface area contributed by atoms with Gasteiger partial charge in [-0.1, -0.05) is 30.3 Å². The Morgan fingerprint density at radius 1 is 1.10 bits per heavy atom. The number of fused-ring (bicyclic) bond motifs is 1. The lowest BCUT2D eigenvalue weighted by Gasteiger charge is -2.06. The van der Waals surface area contributed by atoms with Gasteiger partial charge in [0, 0.05) is 21.6 Å². The molecule has 3 aromatic rings. The van der Waals surface area contributed by atoms with Crippen LogP contribution < -0.4 is 5.32 Å². The molecule has 1 heterocycles. The van der Waals surface area contributed by atoms with Crippen molar-refractivity contribution in [2.45, 2.75) is 6.42 Å². The van der Waals surface area contributed by atoms with E-state index in [9.17, 15) is 4.79 Å². The summed E-state index contributed by atoms with van der Waals surface area (Å²) in [4.78, 5) is 15.3. The fourth-order valence-corrected chi connectivity index (χ4v) is 2.59. The highest BCUT2D eigenvalue weighted by atomic mass is 79.9. The van der Waals surface area contributed by atoms with Gasteiger partial charge in [-0.3, -0.25) is 4.79 Å². The maximum Gasteiger partial charge on any atom is 0.228 e. The molecule has 0 saturated carbocycles. The first kappa shape index (κ1) is 12.9. The molecule has 0 saturated heterocycles. The number of H-pyrrole nitrogens is 1. The van der Waals surface area contributed by atoms with Gasteiger partial charge < -0.3 is 10.3 Å². The molecule has 0 spiro atoms. The zero-order valence-electron chi connectivity index (χ0n) is 10.7. The number of amides is 1. The number of carbonyl (C=O) groups is 1. The van der Waals surface area contributed by atoms with Gasteiger partial charge in [-0.25, -0.2) is 0 Å². The van der Waals surface area contributed by atoms with Crippen LogP contribution in [0.1, 0.15) is 5.56 Å². The normalized spacial score (nSPS) is 10.7. The second kappa shape index (κ2) is 5.51. The lowest BCUT2D eigenvalue weighted by molar-refractivity contribution is -0.115. The number of nitrogens with one attached hydrogen (secondary N) is 2. The number of aromatic amines is 1. The van der Waals surface area contributed by atoms with Crippen LogP contribution >= 0.6 is 15.9 Å². The Kier molecular flexibility index (Phi) is 3.56. The van der Waals surface area contributed by atoms with Gasteiger partial charge in [-0.05, 0) is 39.7 Å². The van der Waals surface area contributed by atoms with Crippen molar-refractivity contribution in [1.29, 1.82) is 0 Å². The molecule has 100 valence electrons. The highest BCUT2D eigenvalue weighted by Crippen LogP contribution is 2.22. The maximum atomic E-state index is 12.1. The maximum absolute atomic E-state index is 12.1. The van der Waals surface area contributed by atoms with Crippen molar-refractivity contribution in [3.8, 4) is 0 Å². The van der Waals surface area contributed by atoms with Crippen molar-refractivity contribution in [2.75, 3.05) is 5.32 Å². The van der Waals surface area contributed by atoms with Crippen LogP contribution in [0.25, 0.3) is 10.9 Å². The molecule has 3 nitrogen and oxygen atoms in total. The minimum absolute atomic E-state index is 0.0262. The molecular formula is C16H13BrN2O. The Hall–Kier alpha value is -2.07. The third kappa shape index (κ3) is 2.60. The van der Waals surface area contributed by atoms with E-state index in [0.29, 0.717) is 6.42 Å². The summed E-state index contributed by atoms with van der Waals surface area (Å²) >= 11 is 3.42. The summed E-state index contributed by atoms with van der Waals surface area (Å²) in [5, 5.41) is 4.01. The third-order valence-corrected chi connectivity index (χ3v) is 3.87. The Morgan fingerprint density at radius 3 is 2.70 bits per heavy atom. The number of benzene rings is 2. The minimum Gasteiger partial charge on any atom is -0.361 e. The number of carbonyl (C=O) groups excluding carboxylic acids is 1. The Bertz CT molecular complexity index is 764. The molecule has 0 aliphatic heterocycles. The van der Waals surface area contributed by atoms with Gasteiger partial charge in [0.1, 0.15) is 0 Å². The van der Waals surface area contributed by atoms with Crippen molar-refractivity contribution >= 4 is 38.4 Å². The number of anilines is 1. The summed E-state index contributed by atoms with van der Waals surface area (Å²) in [6.07, 6.45) is 2.25. The monoisotopic (exact) mass is 328 g/mol. The second-order valence-electron chi connectivity index (χ2n) is 4.56. The number of rotatable bonds is 3. The molecular weight excluding hydrogens is 316 g/mol. The van der Waals surface area contributed by atoms with Crippen LogP contribution in [0.2, 0.25) is 0 Å². The molecule has 2 N–H and O–H groups in total. The smallest absolute Gasteiger partial charge is 0.228 e. The molecule has 0 fully saturated rings. The molecule has 4 heteroatoms. The summed E-state index contributed by atoms with van der Waals surface area (Å²) in [5.74, 6) is -0.0262. The van der Waals surface area contributed by atoms with Crippen LogP contribution in [0.4, 0.5) is 5.69 Å². The van der Waals surface area contributed by atoms with E-state index < -0.39 is 0 Å². The van der Waals surface area contributed by atoms with E-state index in [2.05, 4.69) is 26.2 Å². The first-order chi connectivity index (χ1) is 9.74. The van der Waals surface area contributed by atoms with Crippen LogP contribution in [0.15, 0.2) is 59.2 Å². The minimum atomic E-state index is -0.0262. The summed E-state index contributed by atoms with van der Waals surface area (Å²) in [5.41, 5.74) is 2.85. The second-order valence-corrected chi connectivity index (χ2v) is 5.42. The Labute approximate surface area is 125 Å². The van der Waals surface area contributed by atoms with Gasteiger partial charge in [-0.2, -0.15) is 0 Å². The van der Waals surface area contributed by atoms with E-state index in [1.807, 2.05) is 54.7 Å². The average molecular weight is 329 g/mol. The zero-order chi connectivity index (χ0) is 13.9. The molecule has 2 aromatic carbocycles. The molecule has 0 aliphatic carbocycles. The summed E-state index contributed by atoms with van der Waals surface area (Å²) in [6, 6.07) is 15.6. The number of hydrogen-bond donors (Lipinski definition) is 2. The standard InChI is InChI=1S/C16H13BrN2O/c17-13-6-2-4-8-15(13)19-16(20)9-11-10-18-14-7-3-1-5-12(11)14/h1-8,10,18H,9H2,(H,19,20). The highest BCUT2D eigenvalue weighted by molar-refractivity contribution is 9.10. The fraction of sp³-hybridized carbons (Fsp3) is 0.0625. The quantitative estimate of drug-likeness (QED) is 0.746. The molecule has 3 rings (SSSR count). The van der Waals surface area contributed by atoms with Crippen LogP contribution in [0, 0.1) is 0 Å². The van der Waals surface area contributed by atoms with Crippen LogP contribution in [0.5, 0.6) is 0 Å². The Morgan fingerprint density at radius 2 is 1.85 bits per heavy atom. The lowest BCUT2D eigenvalue weighted by Crippen LogP contribution is -2.14. The number of hydrogen-bond acceptors (Lipinski definition) is 1. The number of para-hydroxylation sites is 2. The summed E-state index contributed by atoms with van der Waals surface area (Å²) < 4.78 is 0.882. The van der Waals surface area contributed by atoms with E-state index in [-0.39, 0.29) is 5.91 Å². The van der Waals surface area contributed by atoms with Gasteiger partial charge in [-0.15, -0.1) is 0 Å². The summed E-state index contributed by atoms with van der Waals surface area (Å²) in [6.45, 7) is 0.